The monoisotopic (exact) mass is 251 g/mol. The van der Waals surface area contributed by atoms with Gasteiger partial charge in [-0.05, 0) is 10.8 Å². The van der Waals surface area contributed by atoms with Gasteiger partial charge in [-0.3, -0.25) is 9.59 Å². The Hall–Kier alpha value is -1.85. The summed E-state index contributed by atoms with van der Waals surface area (Å²) in [5.74, 6) is -1.34. The van der Waals surface area contributed by atoms with Gasteiger partial charge in [-0.2, -0.15) is 0 Å². The minimum absolute atomic E-state index is 0.0135. The number of amides is 1. The van der Waals surface area contributed by atoms with Crippen molar-refractivity contribution in [2.24, 2.45) is 22.5 Å². The van der Waals surface area contributed by atoms with Crippen molar-refractivity contribution in [3.8, 4) is 5.88 Å². The van der Waals surface area contributed by atoms with Crippen LogP contribution in [0.5, 0.6) is 5.88 Å². The number of hydrogen-bond acceptors (Lipinski definition) is 4. The fourth-order valence-electron chi connectivity index (χ4n) is 2.48. The highest BCUT2D eigenvalue weighted by Gasteiger charge is 2.69. The number of carbonyl (C=O) groups excluding carboxylic acids is 2. The van der Waals surface area contributed by atoms with E-state index in [9.17, 15) is 9.59 Å². The second-order valence-corrected chi connectivity index (χ2v) is 5.74. The maximum absolute atomic E-state index is 12.1. The van der Waals surface area contributed by atoms with Crippen LogP contribution in [0, 0.1) is 16.7 Å². The number of rotatable bonds is 3. The Balaban J connectivity index is 2.15. The second kappa shape index (κ2) is 3.57. The molecule has 1 heterocycles. The lowest BCUT2D eigenvalue weighted by atomic mass is 10.0. The molecule has 1 aliphatic carbocycles. The third-order valence-corrected chi connectivity index (χ3v) is 4.30. The third-order valence-electron chi connectivity index (χ3n) is 4.30. The lowest BCUT2D eigenvalue weighted by Gasteiger charge is -2.03. The van der Waals surface area contributed by atoms with Gasteiger partial charge in [0.1, 0.15) is 0 Å². The molecule has 0 spiro atoms. The summed E-state index contributed by atoms with van der Waals surface area (Å²) >= 11 is 0. The Morgan fingerprint density at radius 3 is 2.33 bits per heavy atom. The molecule has 18 heavy (non-hydrogen) atoms. The molecule has 0 unspecified atom stereocenters. The Labute approximate surface area is 105 Å². The van der Waals surface area contributed by atoms with E-state index in [1.807, 2.05) is 27.7 Å². The summed E-state index contributed by atoms with van der Waals surface area (Å²) in [4.78, 5) is 29.4. The molecule has 0 radical (unpaired) electrons. The SMILES string of the molecule is CC1(C)C(C(=O)Oc2nc[nH]c2C(N)=O)C1(C)C. The van der Waals surface area contributed by atoms with E-state index in [-0.39, 0.29) is 34.3 Å². The molecule has 0 atom stereocenters. The normalized spacial score (nSPS) is 20.4. The molecular weight excluding hydrogens is 234 g/mol. The summed E-state index contributed by atoms with van der Waals surface area (Å²) < 4.78 is 5.16. The summed E-state index contributed by atoms with van der Waals surface area (Å²) in [7, 11) is 0. The molecule has 6 nitrogen and oxygen atoms in total. The molecule has 0 aromatic carbocycles. The number of aromatic nitrogens is 2. The van der Waals surface area contributed by atoms with E-state index >= 15 is 0 Å². The molecule has 1 fully saturated rings. The van der Waals surface area contributed by atoms with Crippen molar-refractivity contribution in [3.63, 3.8) is 0 Å². The topological polar surface area (TPSA) is 98.1 Å². The molecule has 98 valence electrons. The number of nitrogens with two attached hydrogens (primary N) is 1. The maximum atomic E-state index is 12.1. The number of aromatic amines is 1. The Bertz CT molecular complexity index is 502. The quantitative estimate of drug-likeness (QED) is 0.786. The van der Waals surface area contributed by atoms with Crippen LogP contribution in [-0.2, 0) is 4.79 Å². The average Bonchev–Trinajstić information content (AvgIpc) is 2.59. The van der Waals surface area contributed by atoms with E-state index in [0.717, 1.165) is 0 Å². The van der Waals surface area contributed by atoms with Crippen LogP contribution in [0.4, 0.5) is 0 Å². The minimum atomic E-state index is -0.704. The van der Waals surface area contributed by atoms with Gasteiger partial charge in [-0.1, -0.05) is 27.7 Å². The number of ether oxygens (including phenoxy) is 1. The van der Waals surface area contributed by atoms with Gasteiger partial charge in [-0.25, -0.2) is 4.98 Å². The van der Waals surface area contributed by atoms with Gasteiger partial charge < -0.3 is 15.5 Å². The molecular formula is C12H17N3O3. The highest BCUT2D eigenvalue weighted by atomic mass is 16.5. The van der Waals surface area contributed by atoms with E-state index in [4.69, 9.17) is 10.5 Å². The maximum Gasteiger partial charge on any atom is 0.316 e. The van der Waals surface area contributed by atoms with E-state index in [1.54, 1.807) is 0 Å². The van der Waals surface area contributed by atoms with Gasteiger partial charge in [0.15, 0.2) is 5.69 Å². The van der Waals surface area contributed by atoms with E-state index < -0.39 is 5.91 Å². The van der Waals surface area contributed by atoms with Crippen LogP contribution in [-0.4, -0.2) is 21.8 Å². The van der Waals surface area contributed by atoms with E-state index in [2.05, 4.69) is 9.97 Å². The number of H-pyrrole nitrogens is 1. The number of hydrogen-bond donors (Lipinski definition) is 2. The van der Waals surface area contributed by atoms with Crippen molar-refractivity contribution < 1.29 is 14.3 Å². The number of esters is 1. The zero-order valence-electron chi connectivity index (χ0n) is 10.9. The number of nitrogens with zero attached hydrogens (tertiary/aromatic N) is 1. The molecule has 1 saturated carbocycles. The van der Waals surface area contributed by atoms with Crippen molar-refractivity contribution in [3.05, 3.63) is 12.0 Å². The molecule has 3 N–H and O–H groups in total. The zero-order valence-corrected chi connectivity index (χ0v) is 10.9. The van der Waals surface area contributed by atoms with Crippen molar-refractivity contribution in [1.82, 2.24) is 9.97 Å². The van der Waals surface area contributed by atoms with Gasteiger partial charge in [0.25, 0.3) is 11.8 Å². The standard InChI is InChI=1S/C12H17N3O3/c1-11(2)7(12(11,3)4)10(17)18-9-6(8(13)16)14-5-15-9/h5,7H,1-4H3,(H2,13,16)(H,14,15). The van der Waals surface area contributed by atoms with Gasteiger partial charge in [0, 0.05) is 0 Å². The smallest absolute Gasteiger partial charge is 0.316 e. The first kappa shape index (κ1) is 12.6. The first-order valence-electron chi connectivity index (χ1n) is 5.74. The molecule has 1 aromatic heterocycles. The summed E-state index contributed by atoms with van der Waals surface area (Å²) in [5.41, 5.74) is 4.91. The number of nitrogens with one attached hydrogen (secondary N) is 1. The molecule has 2 rings (SSSR count). The third kappa shape index (κ3) is 1.60. The predicted molar refractivity (Wildman–Crippen MR) is 63.8 cm³/mol. The van der Waals surface area contributed by atoms with Gasteiger partial charge in [0.05, 0.1) is 12.2 Å². The van der Waals surface area contributed by atoms with Crippen LogP contribution < -0.4 is 10.5 Å². The summed E-state index contributed by atoms with van der Waals surface area (Å²) in [5, 5.41) is 0. The summed E-state index contributed by atoms with van der Waals surface area (Å²) in [6, 6.07) is 0. The Kier molecular flexibility index (Phi) is 2.50. The Morgan fingerprint density at radius 2 is 1.89 bits per heavy atom. The minimum Gasteiger partial charge on any atom is -0.405 e. The van der Waals surface area contributed by atoms with Crippen LogP contribution in [0.2, 0.25) is 0 Å². The predicted octanol–water partition coefficient (Wildman–Crippen LogP) is 1.10. The molecule has 0 saturated heterocycles. The lowest BCUT2D eigenvalue weighted by molar-refractivity contribution is -0.137. The van der Waals surface area contributed by atoms with Crippen LogP contribution >= 0.6 is 0 Å². The van der Waals surface area contributed by atoms with Crippen molar-refractivity contribution >= 4 is 11.9 Å². The zero-order chi connectivity index (χ0) is 13.7. The van der Waals surface area contributed by atoms with E-state index in [1.165, 1.54) is 6.33 Å². The molecule has 1 amide bonds. The highest BCUT2D eigenvalue weighted by Crippen LogP contribution is 2.68. The molecule has 0 aliphatic heterocycles. The lowest BCUT2D eigenvalue weighted by Crippen LogP contribution is -2.19. The second-order valence-electron chi connectivity index (χ2n) is 5.74. The summed E-state index contributed by atoms with van der Waals surface area (Å²) in [6.45, 7) is 8.05. The number of carbonyl (C=O) groups is 2. The van der Waals surface area contributed by atoms with Crippen molar-refractivity contribution in [2.45, 2.75) is 27.7 Å². The Morgan fingerprint density at radius 1 is 1.33 bits per heavy atom. The number of primary amides is 1. The van der Waals surface area contributed by atoms with Gasteiger partial charge in [0.2, 0.25) is 0 Å². The highest BCUT2D eigenvalue weighted by molar-refractivity contribution is 5.94. The fourth-order valence-corrected chi connectivity index (χ4v) is 2.48. The average molecular weight is 251 g/mol. The fraction of sp³-hybridized carbons (Fsp3) is 0.583. The van der Waals surface area contributed by atoms with Crippen molar-refractivity contribution in [1.29, 1.82) is 0 Å². The summed E-state index contributed by atoms with van der Waals surface area (Å²) in [6.07, 6.45) is 1.27. The molecule has 6 heteroatoms. The van der Waals surface area contributed by atoms with Crippen molar-refractivity contribution in [2.75, 3.05) is 0 Å². The van der Waals surface area contributed by atoms with Crippen LogP contribution in [0.1, 0.15) is 38.2 Å². The van der Waals surface area contributed by atoms with Crippen LogP contribution in [0.3, 0.4) is 0 Å². The van der Waals surface area contributed by atoms with Gasteiger partial charge in [-0.15, -0.1) is 0 Å². The van der Waals surface area contributed by atoms with E-state index in [0.29, 0.717) is 0 Å². The first-order chi connectivity index (χ1) is 8.19. The molecule has 0 bridgehead atoms. The first-order valence-corrected chi connectivity index (χ1v) is 5.74. The molecule has 1 aromatic rings. The number of imidazole rings is 1. The van der Waals surface area contributed by atoms with Crippen LogP contribution in [0.15, 0.2) is 6.33 Å². The van der Waals surface area contributed by atoms with Crippen LogP contribution in [0.25, 0.3) is 0 Å². The largest absolute Gasteiger partial charge is 0.405 e. The van der Waals surface area contributed by atoms with Gasteiger partial charge >= 0.3 is 5.97 Å². The molecule has 1 aliphatic rings.